The highest BCUT2D eigenvalue weighted by Crippen LogP contribution is 2.28. The Balaban J connectivity index is 2.96. The highest BCUT2D eigenvalue weighted by molar-refractivity contribution is 9.10. The Morgan fingerprint density at radius 1 is 1.17 bits per heavy atom. The summed E-state index contributed by atoms with van der Waals surface area (Å²) >= 11 is 3.65. The molecular weight excluding hydrogens is 286 g/mol. The quantitative estimate of drug-likeness (QED) is 0.765. The Labute approximate surface area is 120 Å². The van der Waals surface area contributed by atoms with Crippen LogP contribution in [-0.2, 0) is 0 Å². The molecule has 0 radical (unpaired) electrons. The lowest BCUT2D eigenvalue weighted by Crippen LogP contribution is -2.23. The van der Waals surface area contributed by atoms with Crippen molar-refractivity contribution in [2.75, 3.05) is 6.54 Å². The Hall–Kier alpha value is -0.340. The predicted octanol–water partition coefficient (Wildman–Crippen LogP) is 5.15. The lowest BCUT2D eigenvalue weighted by atomic mass is 9.94. The summed E-state index contributed by atoms with van der Waals surface area (Å²) in [4.78, 5) is 0. The van der Waals surface area contributed by atoms with E-state index in [2.05, 4.69) is 68.0 Å². The molecule has 0 saturated heterocycles. The van der Waals surface area contributed by atoms with E-state index in [1.807, 2.05) is 0 Å². The molecule has 1 aromatic rings. The number of halogens is 1. The minimum atomic E-state index is 0.482. The van der Waals surface area contributed by atoms with Crippen LogP contribution in [0.4, 0.5) is 0 Å². The van der Waals surface area contributed by atoms with Crippen molar-refractivity contribution in [2.24, 2.45) is 5.92 Å². The molecule has 1 nitrogen and oxygen atoms in total. The molecule has 1 aromatic carbocycles. The highest BCUT2D eigenvalue weighted by atomic mass is 79.9. The molecule has 0 aliphatic carbocycles. The molecule has 0 fully saturated rings. The summed E-state index contributed by atoms with van der Waals surface area (Å²) < 4.78 is 1.24. The molecule has 0 aliphatic heterocycles. The molecule has 1 rings (SSSR count). The van der Waals surface area contributed by atoms with Gasteiger partial charge in [-0.15, -0.1) is 0 Å². The number of hydrogen-bond acceptors (Lipinski definition) is 1. The highest BCUT2D eigenvalue weighted by Gasteiger charge is 2.14. The van der Waals surface area contributed by atoms with Gasteiger partial charge in [-0.2, -0.15) is 0 Å². The summed E-state index contributed by atoms with van der Waals surface area (Å²) in [6.45, 7) is 12.2. The van der Waals surface area contributed by atoms with Crippen molar-refractivity contribution in [3.05, 3.63) is 33.3 Å². The molecule has 1 unspecified atom stereocenters. The van der Waals surface area contributed by atoms with Gasteiger partial charge in [0.15, 0.2) is 0 Å². The number of aryl methyl sites for hydroxylation is 2. The van der Waals surface area contributed by atoms with Gasteiger partial charge < -0.3 is 5.32 Å². The van der Waals surface area contributed by atoms with Gasteiger partial charge in [0.2, 0.25) is 0 Å². The second-order valence-electron chi connectivity index (χ2n) is 5.60. The summed E-state index contributed by atoms with van der Waals surface area (Å²) in [5.74, 6) is 0.712. The maximum atomic E-state index is 3.68. The fraction of sp³-hybridized carbons (Fsp3) is 0.625. The van der Waals surface area contributed by atoms with Crippen LogP contribution in [0.2, 0.25) is 0 Å². The van der Waals surface area contributed by atoms with E-state index in [4.69, 9.17) is 0 Å². The van der Waals surface area contributed by atoms with Crippen LogP contribution in [-0.4, -0.2) is 6.54 Å². The van der Waals surface area contributed by atoms with Gasteiger partial charge in [0.25, 0.3) is 0 Å². The van der Waals surface area contributed by atoms with Crippen molar-refractivity contribution in [2.45, 2.75) is 53.5 Å². The minimum Gasteiger partial charge on any atom is -0.310 e. The topological polar surface area (TPSA) is 12.0 Å². The first-order valence-electron chi connectivity index (χ1n) is 6.95. The van der Waals surface area contributed by atoms with E-state index >= 15 is 0 Å². The van der Waals surface area contributed by atoms with Crippen LogP contribution in [0.1, 0.15) is 56.3 Å². The lowest BCUT2D eigenvalue weighted by Gasteiger charge is -2.22. The number of benzene rings is 1. The summed E-state index contributed by atoms with van der Waals surface area (Å²) in [6.07, 6.45) is 2.38. The van der Waals surface area contributed by atoms with E-state index in [9.17, 15) is 0 Å². The van der Waals surface area contributed by atoms with Crippen molar-refractivity contribution in [3.63, 3.8) is 0 Å². The third-order valence-electron chi connectivity index (χ3n) is 3.21. The maximum Gasteiger partial charge on any atom is 0.0322 e. The Morgan fingerprint density at radius 2 is 1.72 bits per heavy atom. The predicted molar refractivity (Wildman–Crippen MR) is 84.1 cm³/mol. The molecule has 1 atom stereocenters. The average molecular weight is 312 g/mol. The van der Waals surface area contributed by atoms with Gasteiger partial charge in [-0.25, -0.2) is 0 Å². The summed E-state index contributed by atoms with van der Waals surface area (Å²) in [6, 6.07) is 5.11. The first-order valence-corrected chi connectivity index (χ1v) is 7.75. The second-order valence-corrected chi connectivity index (χ2v) is 6.40. The van der Waals surface area contributed by atoms with Crippen molar-refractivity contribution in [1.82, 2.24) is 5.32 Å². The van der Waals surface area contributed by atoms with Crippen LogP contribution in [0.15, 0.2) is 16.6 Å². The number of nitrogens with one attached hydrogen (secondary N) is 1. The standard InChI is InChI=1S/C16H26BrN/c1-6-7-18-15(8-11(2)3)14-9-12(4)16(17)13(5)10-14/h9-11,15,18H,6-8H2,1-5H3. The molecule has 0 aliphatic rings. The molecule has 0 amide bonds. The molecule has 102 valence electrons. The Morgan fingerprint density at radius 3 is 2.17 bits per heavy atom. The average Bonchev–Trinajstić information content (AvgIpc) is 2.30. The molecule has 18 heavy (non-hydrogen) atoms. The number of rotatable bonds is 6. The van der Waals surface area contributed by atoms with Gasteiger partial charge in [-0.3, -0.25) is 0 Å². The van der Waals surface area contributed by atoms with Gasteiger partial charge in [0, 0.05) is 10.5 Å². The summed E-state index contributed by atoms with van der Waals surface area (Å²) in [5.41, 5.74) is 4.09. The maximum absolute atomic E-state index is 3.68. The largest absolute Gasteiger partial charge is 0.310 e. The fourth-order valence-corrected chi connectivity index (χ4v) is 2.54. The molecule has 1 N–H and O–H groups in total. The van der Waals surface area contributed by atoms with E-state index in [0.717, 1.165) is 6.54 Å². The van der Waals surface area contributed by atoms with Crippen LogP contribution in [0.5, 0.6) is 0 Å². The van der Waals surface area contributed by atoms with Crippen molar-refractivity contribution < 1.29 is 0 Å². The molecule has 0 bridgehead atoms. The molecule has 0 saturated carbocycles. The second kappa shape index (κ2) is 7.30. The third-order valence-corrected chi connectivity index (χ3v) is 4.46. The van der Waals surface area contributed by atoms with Crippen LogP contribution >= 0.6 is 15.9 Å². The van der Waals surface area contributed by atoms with Crippen molar-refractivity contribution in [1.29, 1.82) is 0 Å². The smallest absolute Gasteiger partial charge is 0.0322 e. The summed E-state index contributed by atoms with van der Waals surface area (Å²) in [7, 11) is 0. The SMILES string of the molecule is CCCNC(CC(C)C)c1cc(C)c(Br)c(C)c1. The molecular formula is C16H26BrN. The van der Waals surface area contributed by atoms with E-state index in [-0.39, 0.29) is 0 Å². The van der Waals surface area contributed by atoms with Crippen LogP contribution in [0, 0.1) is 19.8 Å². The summed E-state index contributed by atoms with van der Waals surface area (Å²) in [5, 5.41) is 3.68. The third kappa shape index (κ3) is 4.40. The van der Waals surface area contributed by atoms with Crippen LogP contribution in [0.3, 0.4) is 0 Å². The van der Waals surface area contributed by atoms with E-state index in [0.29, 0.717) is 12.0 Å². The first kappa shape index (κ1) is 15.7. The molecule has 0 aromatic heterocycles. The van der Waals surface area contributed by atoms with Crippen molar-refractivity contribution in [3.8, 4) is 0 Å². The molecule has 2 heteroatoms. The zero-order valence-corrected chi connectivity index (χ0v) is 13.9. The molecule has 0 spiro atoms. The van der Waals surface area contributed by atoms with E-state index < -0.39 is 0 Å². The van der Waals surface area contributed by atoms with Crippen molar-refractivity contribution >= 4 is 15.9 Å². The van der Waals surface area contributed by atoms with E-state index in [1.165, 1.54) is 34.0 Å². The van der Waals surface area contributed by atoms with Gasteiger partial charge >= 0.3 is 0 Å². The van der Waals surface area contributed by atoms with Gasteiger partial charge in [-0.1, -0.05) is 48.8 Å². The normalized spacial score (nSPS) is 13.1. The fourth-order valence-electron chi connectivity index (χ4n) is 2.31. The monoisotopic (exact) mass is 311 g/mol. The van der Waals surface area contributed by atoms with Crippen LogP contribution in [0.25, 0.3) is 0 Å². The van der Waals surface area contributed by atoms with Gasteiger partial charge in [0.1, 0.15) is 0 Å². The number of hydrogen-bond donors (Lipinski definition) is 1. The first-order chi connectivity index (χ1) is 8.45. The van der Waals surface area contributed by atoms with E-state index in [1.54, 1.807) is 0 Å². The Bertz CT molecular complexity index is 362. The van der Waals surface area contributed by atoms with Gasteiger partial charge in [0.05, 0.1) is 0 Å². The Kier molecular flexibility index (Phi) is 6.37. The van der Waals surface area contributed by atoms with Crippen LogP contribution < -0.4 is 5.32 Å². The van der Waals surface area contributed by atoms with Gasteiger partial charge in [-0.05, 0) is 55.8 Å². The zero-order chi connectivity index (χ0) is 13.7. The lowest BCUT2D eigenvalue weighted by molar-refractivity contribution is 0.430. The molecule has 0 heterocycles. The zero-order valence-electron chi connectivity index (χ0n) is 12.3. The minimum absolute atomic E-state index is 0.482.